The van der Waals surface area contributed by atoms with Crippen LogP contribution in [0.25, 0.3) is 0 Å². The van der Waals surface area contributed by atoms with Gasteiger partial charge in [-0.05, 0) is 24.3 Å². The molecule has 0 heterocycles. The van der Waals surface area contributed by atoms with Crippen molar-refractivity contribution in [1.82, 2.24) is 9.79 Å². The maximum atomic E-state index is 12.2. The van der Waals surface area contributed by atoms with Crippen molar-refractivity contribution in [2.75, 3.05) is 7.05 Å². The van der Waals surface area contributed by atoms with Crippen molar-refractivity contribution >= 4 is 22.2 Å². The molecule has 0 aliphatic rings. The summed E-state index contributed by atoms with van der Waals surface area (Å²) in [7, 11) is -3.08. The Bertz CT molecular complexity index is 645. The summed E-state index contributed by atoms with van der Waals surface area (Å²) in [6.45, 7) is 0. The van der Waals surface area contributed by atoms with E-state index in [2.05, 4.69) is 5.92 Å². The van der Waals surface area contributed by atoms with Crippen LogP contribution in [0.3, 0.4) is 0 Å². The monoisotopic (exact) mass is 295 g/mol. The predicted molar refractivity (Wildman–Crippen MR) is 68.7 cm³/mol. The van der Waals surface area contributed by atoms with Gasteiger partial charge in [0, 0.05) is 12.6 Å². The predicted octanol–water partition coefficient (Wildman–Crippen LogP) is -0.728. The number of terminal acetylenes is 1. The zero-order chi connectivity index (χ0) is 15.3. The number of hydrogen-bond donors (Lipinski definition) is 2. The highest BCUT2D eigenvalue weighted by molar-refractivity contribution is 7.89. The molecule has 0 aliphatic heterocycles. The second kappa shape index (κ2) is 6.29. The Hall–Kier alpha value is -2.21. The van der Waals surface area contributed by atoms with E-state index in [-0.39, 0.29) is 4.90 Å². The van der Waals surface area contributed by atoms with Crippen molar-refractivity contribution in [3.05, 3.63) is 29.8 Å². The molecule has 1 amide bonds. The molecule has 2 N–H and O–H groups in total. The number of rotatable bonds is 5. The lowest BCUT2D eigenvalue weighted by atomic mass is 10.2. The average molecular weight is 295 g/mol. The van der Waals surface area contributed by atoms with Crippen molar-refractivity contribution in [2.24, 2.45) is 0 Å². The van der Waals surface area contributed by atoms with Gasteiger partial charge in [-0.3, -0.25) is 14.8 Å². The Labute approximate surface area is 116 Å². The number of nitrogens with zero attached hydrogens (tertiary/aromatic N) is 1. The van der Waals surface area contributed by atoms with Crippen LogP contribution in [0.5, 0.6) is 0 Å². The molecule has 0 saturated heterocycles. The summed E-state index contributed by atoms with van der Waals surface area (Å²) in [6, 6.07) is 3.52. The summed E-state index contributed by atoms with van der Waals surface area (Å²) in [4.78, 5) is 21.8. The van der Waals surface area contributed by atoms with Gasteiger partial charge in [0.25, 0.3) is 5.91 Å². The Morgan fingerprint density at radius 1 is 1.40 bits per heavy atom. The molecule has 1 aromatic rings. The van der Waals surface area contributed by atoms with Crippen LogP contribution in [0, 0.1) is 12.3 Å². The fourth-order valence-corrected chi connectivity index (χ4v) is 2.61. The summed E-state index contributed by atoms with van der Waals surface area (Å²) >= 11 is 0. The van der Waals surface area contributed by atoms with E-state index in [1.165, 1.54) is 36.0 Å². The van der Waals surface area contributed by atoms with E-state index in [1.807, 2.05) is 0 Å². The summed E-state index contributed by atoms with van der Waals surface area (Å²) in [5.41, 5.74) is 1.69. The molecule has 0 bridgehead atoms. The Kier molecular flexibility index (Phi) is 4.99. The third-order valence-corrected chi connectivity index (χ3v) is 4.37. The van der Waals surface area contributed by atoms with Crippen LogP contribution in [0.4, 0.5) is 0 Å². The van der Waals surface area contributed by atoms with Crippen molar-refractivity contribution < 1.29 is 23.2 Å². The summed E-state index contributed by atoms with van der Waals surface area (Å²) < 4.78 is 24.9. The van der Waals surface area contributed by atoms with E-state index in [9.17, 15) is 18.0 Å². The first-order valence-electron chi connectivity index (χ1n) is 5.24. The molecule has 8 heteroatoms. The standard InChI is InChI=1S/C12H11N2O5S/c1-3-9-4-6-10(7-5-9)20(18,19)14(2)11(8-15)12(16)13-17/h1,4-7,11,17H,2H3,(H,13,16)/t11-/m0/s1. The molecule has 1 radical (unpaired) electrons. The molecule has 0 fully saturated rings. The van der Waals surface area contributed by atoms with Gasteiger partial charge in [-0.2, -0.15) is 4.31 Å². The number of amides is 1. The number of carbonyl (C=O) groups is 1. The second-order valence-electron chi connectivity index (χ2n) is 3.69. The van der Waals surface area contributed by atoms with Crippen molar-refractivity contribution in [1.29, 1.82) is 0 Å². The minimum absolute atomic E-state index is 0.148. The van der Waals surface area contributed by atoms with E-state index >= 15 is 0 Å². The summed E-state index contributed by atoms with van der Waals surface area (Å²) in [6.07, 6.45) is 6.40. The third kappa shape index (κ3) is 3.03. The van der Waals surface area contributed by atoms with Crippen LogP contribution in [0.1, 0.15) is 5.56 Å². The van der Waals surface area contributed by atoms with Gasteiger partial charge in [0.05, 0.1) is 4.90 Å². The fraction of sp³-hybridized carbons (Fsp3) is 0.167. The molecule has 0 unspecified atom stereocenters. The van der Waals surface area contributed by atoms with Crippen LogP contribution in [-0.4, -0.2) is 43.2 Å². The number of carbonyl (C=O) groups excluding carboxylic acids is 2. The molecule has 105 valence electrons. The lowest BCUT2D eigenvalue weighted by molar-refractivity contribution is -0.130. The molecule has 0 aliphatic carbocycles. The van der Waals surface area contributed by atoms with Crippen LogP contribution in [-0.2, 0) is 19.6 Å². The van der Waals surface area contributed by atoms with Crippen LogP contribution in [0.2, 0.25) is 0 Å². The molecule has 0 spiro atoms. The van der Waals surface area contributed by atoms with Gasteiger partial charge in [-0.1, -0.05) is 5.92 Å². The zero-order valence-corrected chi connectivity index (χ0v) is 11.2. The maximum Gasteiger partial charge on any atom is 0.269 e. The quantitative estimate of drug-likeness (QED) is 0.323. The number of hydrogen-bond acceptors (Lipinski definition) is 5. The van der Waals surface area contributed by atoms with Gasteiger partial charge >= 0.3 is 0 Å². The van der Waals surface area contributed by atoms with Crippen molar-refractivity contribution in [3.63, 3.8) is 0 Å². The van der Waals surface area contributed by atoms with Gasteiger partial charge in [-0.15, -0.1) is 6.42 Å². The highest BCUT2D eigenvalue weighted by atomic mass is 32.2. The Morgan fingerprint density at radius 3 is 2.35 bits per heavy atom. The fourth-order valence-electron chi connectivity index (χ4n) is 1.38. The molecule has 7 nitrogen and oxygen atoms in total. The van der Waals surface area contributed by atoms with Crippen molar-refractivity contribution in [3.8, 4) is 12.3 Å². The molecule has 1 rings (SSSR count). The van der Waals surface area contributed by atoms with E-state index in [1.54, 1.807) is 0 Å². The molecule has 1 atom stereocenters. The number of likely N-dealkylation sites (N-methyl/N-ethyl adjacent to an activating group) is 1. The first kappa shape index (κ1) is 15.8. The van der Waals surface area contributed by atoms with Crippen molar-refractivity contribution in [2.45, 2.75) is 10.9 Å². The summed E-state index contributed by atoms with van der Waals surface area (Å²) in [5, 5.41) is 8.47. The van der Waals surface area contributed by atoms with Crippen LogP contribution >= 0.6 is 0 Å². The first-order valence-corrected chi connectivity index (χ1v) is 6.68. The number of sulfonamides is 1. The van der Waals surface area contributed by atoms with Gasteiger partial charge in [-0.25, -0.2) is 13.9 Å². The Morgan fingerprint density at radius 2 is 1.95 bits per heavy atom. The maximum absolute atomic E-state index is 12.2. The smallest absolute Gasteiger partial charge is 0.269 e. The molecule has 0 aromatic heterocycles. The van der Waals surface area contributed by atoms with E-state index in [0.717, 1.165) is 7.05 Å². The van der Waals surface area contributed by atoms with Gasteiger partial charge in [0.1, 0.15) is 0 Å². The van der Waals surface area contributed by atoms with Gasteiger partial charge in [0.15, 0.2) is 6.04 Å². The average Bonchev–Trinajstić information content (AvgIpc) is 2.47. The normalized spacial score (nSPS) is 12.5. The minimum atomic E-state index is -4.10. The first-order chi connectivity index (χ1) is 9.38. The number of benzene rings is 1. The van der Waals surface area contributed by atoms with Crippen LogP contribution < -0.4 is 5.48 Å². The zero-order valence-electron chi connectivity index (χ0n) is 10.4. The van der Waals surface area contributed by atoms with Crippen LogP contribution in [0.15, 0.2) is 29.2 Å². The largest absolute Gasteiger partial charge is 0.289 e. The number of hydroxylamine groups is 1. The third-order valence-electron chi connectivity index (χ3n) is 2.53. The lowest BCUT2D eigenvalue weighted by Gasteiger charge is -2.20. The second-order valence-corrected chi connectivity index (χ2v) is 5.68. The highest BCUT2D eigenvalue weighted by Gasteiger charge is 2.33. The lowest BCUT2D eigenvalue weighted by Crippen LogP contribution is -2.47. The van der Waals surface area contributed by atoms with Gasteiger partial charge in [0.2, 0.25) is 16.3 Å². The SMILES string of the molecule is C#Cc1ccc(S(=O)(=O)N(C)[C@@H]([C]=O)C(=O)NO)cc1. The molecule has 0 saturated carbocycles. The molecule has 20 heavy (non-hydrogen) atoms. The van der Waals surface area contributed by atoms with E-state index in [0.29, 0.717) is 9.87 Å². The van der Waals surface area contributed by atoms with E-state index in [4.69, 9.17) is 11.6 Å². The van der Waals surface area contributed by atoms with E-state index < -0.39 is 22.0 Å². The minimum Gasteiger partial charge on any atom is -0.289 e. The number of nitrogens with one attached hydrogen (secondary N) is 1. The summed E-state index contributed by atoms with van der Waals surface area (Å²) in [5.74, 6) is 1.13. The topological polar surface area (TPSA) is 104 Å². The molecular formula is C12H11N2O5S. The molecular weight excluding hydrogens is 284 g/mol. The molecule has 1 aromatic carbocycles. The van der Waals surface area contributed by atoms with Gasteiger partial charge < -0.3 is 0 Å². The Balaban J connectivity index is 3.17. The highest BCUT2D eigenvalue weighted by Crippen LogP contribution is 2.16.